The summed E-state index contributed by atoms with van der Waals surface area (Å²) in [7, 11) is -2.45. The average Bonchev–Trinajstić information content (AvgIpc) is 2.37. The first-order chi connectivity index (χ1) is 8.81. The number of halogens is 1. The van der Waals surface area contributed by atoms with E-state index in [0.29, 0.717) is 5.75 Å². The van der Waals surface area contributed by atoms with Crippen LogP contribution in [-0.2, 0) is 14.8 Å². The fourth-order valence-corrected chi connectivity index (χ4v) is 2.84. The van der Waals surface area contributed by atoms with Gasteiger partial charge in [0.2, 0.25) is 10.0 Å². The number of hydrazine groups is 1. The van der Waals surface area contributed by atoms with Crippen molar-refractivity contribution >= 4 is 27.5 Å². The zero-order valence-electron chi connectivity index (χ0n) is 10.3. The van der Waals surface area contributed by atoms with Gasteiger partial charge in [0.25, 0.3) is 5.91 Å². The lowest BCUT2D eigenvalue weighted by Gasteiger charge is -2.13. The Morgan fingerprint density at radius 3 is 2.58 bits per heavy atom. The molecule has 0 bridgehead atoms. The van der Waals surface area contributed by atoms with E-state index >= 15 is 0 Å². The molecule has 0 aliphatic heterocycles. The molecule has 1 amide bonds. The van der Waals surface area contributed by atoms with Gasteiger partial charge >= 0.3 is 0 Å². The van der Waals surface area contributed by atoms with Crippen LogP contribution in [0, 0.1) is 0 Å². The second-order valence-corrected chi connectivity index (χ2v) is 5.77. The maximum atomic E-state index is 12.0. The van der Waals surface area contributed by atoms with Crippen molar-refractivity contribution in [1.29, 1.82) is 0 Å². The maximum absolute atomic E-state index is 12.0. The number of hydrogen-bond donors (Lipinski definition) is 3. The highest BCUT2D eigenvalue weighted by Gasteiger charge is 2.22. The van der Waals surface area contributed by atoms with E-state index < -0.39 is 22.0 Å². The quantitative estimate of drug-likeness (QED) is 0.403. The van der Waals surface area contributed by atoms with E-state index in [-0.39, 0.29) is 9.92 Å². The van der Waals surface area contributed by atoms with E-state index in [1.54, 1.807) is 0 Å². The number of carbonyl (C=O) groups is 1. The molecule has 0 aliphatic carbocycles. The number of amides is 1. The zero-order valence-corrected chi connectivity index (χ0v) is 11.9. The van der Waals surface area contributed by atoms with Crippen LogP contribution in [0.25, 0.3) is 0 Å². The minimum atomic E-state index is -3.87. The molecule has 1 aromatic rings. The van der Waals surface area contributed by atoms with Crippen molar-refractivity contribution < 1.29 is 17.9 Å². The minimum absolute atomic E-state index is 0.0741. The normalized spacial score (nSPS) is 12.8. The number of sulfonamides is 1. The van der Waals surface area contributed by atoms with Crippen LogP contribution in [0.4, 0.5) is 0 Å². The van der Waals surface area contributed by atoms with E-state index in [0.717, 1.165) is 0 Å². The molecule has 4 N–H and O–H groups in total. The molecule has 0 unspecified atom stereocenters. The van der Waals surface area contributed by atoms with E-state index in [1.807, 2.05) is 5.43 Å². The van der Waals surface area contributed by atoms with Crippen LogP contribution in [0.5, 0.6) is 5.75 Å². The zero-order chi connectivity index (χ0) is 14.6. The molecule has 1 atom stereocenters. The smallest absolute Gasteiger partial charge is 0.251 e. The summed E-state index contributed by atoms with van der Waals surface area (Å²) < 4.78 is 31.1. The molecule has 1 rings (SSSR count). The van der Waals surface area contributed by atoms with E-state index in [4.69, 9.17) is 22.2 Å². The number of nitrogens with two attached hydrogens (primary N) is 1. The molecule has 0 heterocycles. The number of rotatable bonds is 5. The third-order valence-corrected chi connectivity index (χ3v) is 4.13. The lowest BCUT2D eigenvalue weighted by Crippen LogP contribution is -2.47. The number of benzene rings is 1. The van der Waals surface area contributed by atoms with Crippen LogP contribution in [0.3, 0.4) is 0 Å². The van der Waals surface area contributed by atoms with E-state index in [9.17, 15) is 13.2 Å². The topological polar surface area (TPSA) is 111 Å². The van der Waals surface area contributed by atoms with Crippen molar-refractivity contribution in [2.24, 2.45) is 5.84 Å². The molecule has 7 nitrogen and oxygen atoms in total. The number of hydrogen-bond acceptors (Lipinski definition) is 5. The molecule has 106 valence electrons. The maximum Gasteiger partial charge on any atom is 0.251 e. The predicted octanol–water partition coefficient (Wildman–Crippen LogP) is 0.00530. The first-order valence-electron chi connectivity index (χ1n) is 5.18. The van der Waals surface area contributed by atoms with Crippen molar-refractivity contribution in [3.63, 3.8) is 0 Å². The van der Waals surface area contributed by atoms with Gasteiger partial charge in [-0.2, -0.15) is 4.72 Å². The molecule has 1 aromatic carbocycles. The Bertz CT molecular complexity index is 576. The fourth-order valence-electron chi connectivity index (χ4n) is 1.29. The lowest BCUT2D eigenvalue weighted by atomic mass is 10.3. The van der Waals surface area contributed by atoms with Gasteiger partial charge in [0, 0.05) is 0 Å². The van der Waals surface area contributed by atoms with E-state index in [1.165, 1.54) is 32.2 Å². The van der Waals surface area contributed by atoms with Gasteiger partial charge in [0.05, 0.1) is 23.1 Å². The Labute approximate surface area is 116 Å². The second kappa shape index (κ2) is 6.20. The standard InChI is InChI=1S/C10H14ClN3O4S/c1-6(10(15)13-12)14-19(16,17)7-3-4-9(18-2)8(11)5-7/h3-6,14H,12H2,1-2H3,(H,13,15)/t6-/m1/s1. The molecule has 0 saturated heterocycles. The number of carbonyl (C=O) groups excluding carboxylic acids is 1. The van der Waals surface area contributed by atoms with Crippen molar-refractivity contribution in [2.45, 2.75) is 17.9 Å². The molecule has 0 saturated carbocycles. The molecular weight excluding hydrogens is 294 g/mol. The average molecular weight is 308 g/mol. The summed E-state index contributed by atoms with van der Waals surface area (Å²) in [5.41, 5.74) is 1.86. The Hall–Kier alpha value is -1.35. The molecule has 0 fully saturated rings. The summed E-state index contributed by atoms with van der Waals surface area (Å²) in [5.74, 6) is 4.63. The highest BCUT2D eigenvalue weighted by molar-refractivity contribution is 7.89. The van der Waals surface area contributed by atoms with Crippen molar-refractivity contribution in [1.82, 2.24) is 10.1 Å². The van der Waals surface area contributed by atoms with Gasteiger partial charge in [0.15, 0.2) is 0 Å². The third-order valence-electron chi connectivity index (χ3n) is 2.30. The summed E-state index contributed by atoms with van der Waals surface area (Å²) in [5, 5.41) is 0.154. The monoisotopic (exact) mass is 307 g/mol. The Balaban J connectivity index is 3.01. The predicted molar refractivity (Wildman–Crippen MR) is 70.1 cm³/mol. The first-order valence-corrected chi connectivity index (χ1v) is 7.04. The van der Waals surface area contributed by atoms with Gasteiger partial charge in [-0.15, -0.1) is 0 Å². The molecule has 0 aliphatic rings. The Morgan fingerprint density at radius 1 is 1.47 bits per heavy atom. The van der Waals surface area contributed by atoms with Gasteiger partial charge in [-0.25, -0.2) is 14.3 Å². The second-order valence-electron chi connectivity index (χ2n) is 3.65. The van der Waals surface area contributed by atoms with Crippen LogP contribution in [0.15, 0.2) is 23.1 Å². The van der Waals surface area contributed by atoms with Gasteiger partial charge < -0.3 is 4.74 Å². The lowest BCUT2D eigenvalue weighted by molar-refractivity contribution is -0.122. The van der Waals surface area contributed by atoms with Crippen LogP contribution < -0.4 is 20.7 Å². The van der Waals surface area contributed by atoms with Crippen molar-refractivity contribution in [2.75, 3.05) is 7.11 Å². The highest BCUT2D eigenvalue weighted by atomic mass is 35.5. The fraction of sp³-hybridized carbons (Fsp3) is 0.300. The van der Waals surface area contributed by atoms with Gasteiger partial charge in [-0.1, -0.05) is 11.6 Å². The van der Waals surface area contributed by atoms with Crippen LogP contribution in [0.2, 0.25) is 5.02 Å². The number of ether oxygens (including phenoxy) is 1. The summed E-state index contributed by atoms with van der Waals surface area (Å²) in [6.07, 6.45) is 0. The molecular formula is C10H14ClN3O4S. The molecule has 19 heavy (non-hydrogen) atoms. The molecule has 0 spiro atoms. The van der Waals surface area contributed by atoms with Gasteiger partial charge in [-0.3, -0.25) is 10.2 Å². The van der Waals surface area contributed by atoms with Crippen LogP contribution >= 0.6 is 11.6 Å². The third kappa shape index (κ3) is 3.80. The molecule has 9 heteroatoms. The van der Waals surface area contributed by atoms with Crippen molar-refractivity contribution in [3.05, 3.63) is 23.2 Å². The Morgan fingerprint density at radius 2 is 2.11 bits per heavy atom. The largest absolute Gasteiger partial charge is 0.495 e. The van der Waals surface area contributed by atoms with Gasteiger partial charge in [-0.05, 0) is 25.1 Å². The minimum Gasteiger partial charge on any atom is -0.495 e. The van der Waals surface area contributed by atoms with Crippen LogP contribution in [0.1, 0.15) is 6.92 Å². The summed E-state index contributed by atoms with van der Waals surface area (Å²) >= 11 is 5.85. The van der Waals surface area contributed by atoms with Crippen LogP contribution in [-0.4, -0.2) is 27.5 Å². The SMILES string of the molecule is COc1ccc(S(=O)(=O)N[C@H](C)C(=O)NN)cc1Cl. The first kappa shape index (κ1) is 15.7. The molecule has 0 radical (unpaired) electrons. The Kier molecular flexibility index (Phi) is 5.12. The van der Waals surface area contributed by atoms with Gasteiger partial charge in [0.1, 0.15) is 5.75 Å². The summed E-state index contributed by atoms with van der Waals surface area (Å²) in [6.45, 7) is 1.37. The van der Waals surface area contributed by atoms with E-state index in [2.05, 4.69) is 4.72 Å². The number of methoxy groups -OCH3 is 1. The molecule has 0 aromatic heterocycles. The highest BCUT2D eigenvalue weighted by Crippen LogP contribution is 2.26. The van der Waals surface area contributed by atoms with Crippen molar-refractivity contribution in [3.8, 4) is 5.75 Å². The summed E-state index contributed by atoms with van der Waals surface area (Å²) in [4.78, 5) is 11.1. The number of nitrogens with one attached hydrogen (secondary N) is 2. The summed E-state index contributed by atoms with van der Waals surface area (Å²) in [6, 6.07) is 2.97.